The molecule has 2 aliphatic rings. The molecule has 76 valence electrons. The quantitative estimate of drug-likeness (QED) is 0.677. The molecule has 0 heterocycles. The molecule has 0 aromatic heterocycles. The lowest BCUT2D eigenvalue weighted by atomic mass is 9.80. The van der Waals surface area contributed by atoms with E-state index in [1.807, 2.05) is 0 Å². The highest BCUT2D eigenvalue weighted by atomic mass is 19.3. The van der Waals surface area contributed by atoms with Crippen LogP contribution < -0.4 is 11.5 Å². The van der Waals surface area contributed by atoms with Gasteiger partial charge in [0.25, 0.3) is 5.92 Å². The van der Waals surface area contributed by atoms with Gasteiger partial charge in [0, 0.05) is 11.8 Å². The van der Waals surface area contributed by atoms with Gasteiger partial charge in [-0.2, -0.15) is 0 Å². The molecule has 2 atom stereocenters. The minimum Gasteiger partial charge on any atom is -0.330 e. The summed E-state index contributed by atoms with van der Waals surface area (Å²) in [6.45, 7) is 0.764. The molecule has 0 aromatic carbocycles. The summed E-state index contributed by atoms with van der Waals surface area (Å²) < 4.78 is 27.1. The van der Waals surface area contributed by atoms with Gasteiger partial charge >= 0.3 is 0 Å². The molecular formula is C9H16F2N2. The molecule has 2 fully saturated rings. The Kier molecular flexibility index (Phi) is 2.07. The van der Waals surface area contributed by atoms with Gasteiger partial charge in [-0.3, -0.25) is 0 Å². The van der Waals surface area contributed by atoms with Crippen molar-refractivity contribution in [2.75, 3.05) is 13.1 Å². The van der Waals surface area contributed by atoms with E-state index in [2.05, 4.69) is 0 Å². The Bertz CT molecular complexity index is 194. The largest absolute Gasteiger partial charge is 0.330 e. The van der Waals surface area contributed by atoms with Crippen LogP contribution in [0, 0.1) is 23.7 Å². The zero-order chi connectivity index (χ0) is 9.64. The molecule has 2 bridgehead atoms. The molecule has 0 amide bonds. The van der Waals surface area contributed by atoms with E-state index in [-0.39, 0.29) is 11.8 Å². The first-order valence-corrected chi connectivity index (χ1v) is 4.89. The second-order valence-electron chi connectivity index (χ2n) is 4.36. The molecule has 0 aromatic rings. The Labute approximate surface area is 76.7 Å². The van der Waals surface area contributed by atoms with E-state index < -0.39 is 17.8 Å². The number of rotatable bonds is 2. The van der Waals surface area contributed by atoms with Crippen molar-refractivity contribution in [3.05, 3.63) is 0 Å². The molecule has 2 nitrogen and oxygen atoms in total. The fraction of sp³-hybridized carbons (Fsp3) is 1.00. The van der Waals surface area contributed by atoms with Crippen molar-refractivity contribution < 1.29 is 8.78 Å². The number of alkyl halides is 2. The molecule has 2 rings (SSSR count). The number of hydrogen-bond acceptors (Lipinski definition) is 2. The van der Waals surface area contributed by atoms with Gasteiger partial charge in [-0.05, 0) is 37.8 Å². The lowest BCUT2D eigenvalue weighted by Gasteiger charge is -2.27. The Hall–Kier alpha value is -0.220. The van der Waals surface area contributed by atoms with Crippen LogP contribution in [0.3, 0.4) is 0 Å². The van der Waals surface area contributed by atoms with Crippen LogP contribution in [-0.2, 0) is 0 Å². The van der Waals surface area contributed by atoms with Crippen molar-refractivity contribution in [2.45, 2.75) is 18.8 Å². The maximum absolute atomic E-state index is 13.6. The maximum atomic E-state index is 13.6. The third-order valence-electron chi connectivity index (χ3n) is 3.78. The number of nitrogens with two attached hydrogens (primary N) is 2. The molecule has 4 N–H and O–H groups in total. The molecule has 0 aliphatic heterocycles. The van der Waals surface area contributed by atoms with E-state index in [1.165, 1.54) is 0 Å². The topological polar surface area (TPSA) is 52.0 Å². The van der Waals surface area contributed by atoms with E-state index >= 15 is 0 Å². The Balaban J connectivity index is 2.21. The van der Waals surface area contributed by atoms with E-state index in [1.54, 1.807) is 0 Å². The molecule has 4 heteroatoms. The van der Waals surface area contributed by atoms with Gasteiger partial charge in [0.1, 0.15) is 0 Å². The molecular weight excluding hydrogens is 174 g/mol. The van der Waals surface area contributed by atoms with Gasteiger partial charge in [0.05, 0.1) is 0 Å². The van der Waals surface area contributed by atoms with Crippen LogP contribution in [0.5, 0.6) is 0 Å². The molecule has 2 unspecified atom stereocenters. The van der Waals surface area contributed by atoms with Crippen LogP contribution in [0.25, 0.3) is 0 Å². The first kappa shape index (κ1) is 9.34. The smallest absolute Gasteiger partial charge is 0.254 e. The van der Waals surface area contributed by atoms with Gasteiger partial charge in [-0.1, -0.05) is 0 Å². The van der Waals surface area contributed by atoms with Crippen molar-refractivity contribution in [2.24, 2.45) is 35.1 Å². The van der Waals surface area contributed by atoms with Gasteiger partial charge in [0.2, 0.25) is 0 Å². The van der Waals surface area contributed by atoms with Crippen molar-refractivity contribution >= 4 is 0 Å². The highest BCUT2D eigenvalue weighted by Crippen LogP contribution is 2.60. The highest BCUT2D eigenvalue weighted by Gasteiger charge is 2.64. The fourth-order valence-corrected chi connectivity index (χ4v) is 3.21. The fourth-order valence-electron chi connectivity index (χ4n) is 3.21. The molecule has 2 saturated carbocycles. The van der Waals surface area contributed by atoms with Crippen molar-refractivity contribution in [3.8, 4) is 0 Å². The molecule has 2 aliphatic carbocycles. The standard InChI is InChI=1S/C9H16F2N2/c10-9(11)7-1-5(3-12)8(9)6(2-7)4-13/h5-8H,1-4,12-13H2. The number of halogens is 2. The highest BCUT2D eigenvalue weighted by molar-refractivity contribution is 5.06. The summed E-state index contributed by atoms with van der Waals surface area (Å²) in [7, 11) is 0. The van der Waals surface area contributed by atoms with Gasteiger partial charge < -0.3 is 11.5 Å². The summed E-state index contributed by atoms with van der Waals surface area (Å²) in [5.74, 6) is -3.47. The minimum atomic E-state index is -2.49. The predicted molar refractivity (Wildman–Crippen MR) is 46.2 cm³/mol. The molecule has 13 heavy (non-hydrogen) atoms. The zero-order valence-corrected chi connectivity index (χ0v) is 7.55. The summed E-state index contributed by atoms with van der Waals surface area (Å²) in [5.41, 5.74) is 11.0. The van der Waals surface area contributed by atoms with Crippen molar-refractivity contribution in [1.29, 1.82) is 0 Å². The summed E-state index contributed by atoms with van der Waals surface area (Å²) in [6.07, 6.45) is 1.20. The maximum Gasteiger partial charge on any atom is 0.254 e. The summed E-state index contributed by atoms with van der Waals surface area (Å²) in [6, 6.07) is 0. The van der Waals surface area contributed by atoms with Crippen LogP contribution in [0.15, 0.2) is 0 Å². The van der Waals surface area contributed by atoms with E-state index in [0.717, 1.165) is 0 Å². The van der Waals surface area contributed by atoms with E-state index in [9.17, 15) is 8.78 Å². The monoisotopic (exact) mass is 190 g/mol. The third kappa shape index (κ3) is 1.12. The first-order valence-electron chi connectivity index (χ1n) is 4.89. The third-order valence-corrected chi connectivity index (χ3v) is 3.78. The first-order chi connectivity index (χ1) is 6.11. The minimum absolute atomic E-state index is 0.00213. The van der Waals surface area contributed by atoms with E-state index in [4.69, 9.17) is 11.5 Å². The van der Waals surface area contributed by atoms with Gasteiger partial charge in [-0.25, -0.2) is 8.78 Å². The van der Waals surface area contributed by atoms with Crippen LogP contribution in [-0.4, -0.2) is 19.0 Å². The summed E-state index contributed by atoms with van der Waals surface area (Å²) in [4.78, 5) is 0. The van der Waals surface area contributed by atoms with Crippen molar-refractivity contribution in [1.82, 2.24) is 0 Å². The predicted octanol–water partition coefficient (Wildman–Crippen LogP) is 0.811. The lowest BCUT2D eigenvalue weighted by molar-refractivity contribution is -0.0560. The summed E-state index contributed by atoms with van der Waals surface area (Å²) >= 11 is 0. The summed E-state index contributed by atoms with van der Waals surface area (Å²) in [5, 5.41) is 0. The Morgan fingerprint density at radius 1 is 1.08 bits per heavy atom. The zero-order valence-electron chi connectivity index (χ0n) is 7.55. The molecule has 0 radical (unpaired) electrons. The van der Waals surface area contributed by atoms with Crippen LogP contribution >= 0.6 is 0 Å². The normalized spacial score (nSPS) is 47.1. The molecule has 0 spiro atoms. The second kappa shape index (κ2) is 2.89. The van der Waals surface area contributed by atoms with Crippen molar-refractivity contribution in [3.63, 3.8) is 0 Å². The van der Waals surface area contributed by atoms with Crippen LogP contribution in [0.4, 0.5) is 8.78 Å². The lowest BCUT2D eigenvalue weighted by Crippen LogP contribution is -2.34. The second-order valence-corrected chi connectivity index (χ2v) is 4.36. The van der Waals surface area contributed by atoms with Gasteiger partial charge in [-0.15, -0.1) is 0 Å². The van der Waals surface area contributed by atoms with Crippen LogP contribution in [0.1, 0.15) is 12.8 Å². The van der Waals surface area contributed by atoms with Crippen LogP contribution in [0.2, 0.25) is 0 Å². The molecule has 0 saturated heterocycles. The Morgan fingerprint density at radius 2 is 1.54 bits per heavy atom. The van der Waals surface area contributed by atoms with Gasteiger partial charge in [0.15, 0.2) is 0 Å². The Morgan fingerprint density at radius 3 is 1.85 bits per heavy atom. The average Bonchev–Trinajstić information content (AvgIpc) is 2.51. The number of hydrogen-bond donors (Lipinski definition) is 2. The van der Waals surface area contributed by atoms with E-state index in [0.29, 0.717) is 25.9 Å². The average molecular weight is 190 g/mol. The SMILES string of the molecule is NCC1CC2CC(CN)C1C2(F)F. The number of fused-ring (bicyclic) bond motifs is 2.